The van der Waals surface area contributed by atoms with Gasteiger partial charge in [0.25, 0.3) is 0 Å². The molecule has 2 heteroatoms. The van der Waals surface area contributed by atoms with Gasteiger partial charge in [-0.15, -0.1) is 0 Å². The molecule has 2 nitrogen and oxygen atoms in total. The summed E-state index contributed by atoms with van der Waals surface area (Å²) in [5.41, 5.74) is 4.15. The maximum absolute atomic E-state index is 9.18. The molecule has 0 amide bonds. The minimum atomic E-state index is 0.0614. The van der Waals surface area contributed by atoms with Crippen molar-refractivity contribution in [3.8, 4) is 0 Å². The normalized spacial score (nSPS) is 10.3. The number of aliphatic hydroxyl groups excluding tert-OH is 1. The second-order valence-corrected chi connectivity index (χ2v) is 4.75. The van der Waals surface area contributed by atoms with Crippen molar-refractivity contribution >= 4 is 17.1 Å². The minimum Gasteiger partial charge on any atom is -0.392 e. The Bertz CT molecular complexity index is 638. The van der Waals surface area contributed by atoms with Crippen LogP contribution in [0.15, 0.2) is 78.9 Å². The Morgan fingerprint density at radius 2 is 1.29 bits per heavy atom. The van der Waals surface area contributed by atoms with Gasteiger partial charge in [-0.25, -0.2) is 0 Å². The van der Waals surface area contributed by atoms with Crippen LogP contribution in [0.5, 0.6) is 0 Å². The van der Waals surface area contributed by atoms with Gasteiger partial charge in [0.05, 0.1) is 6.61 Å². The average molecular weight is 274 g/mol. The largest absolute Gasteiger partial charge is 0.392 e. The van der Waals surface area contributed by atoms with E-state index in [2.05, 4.69) is 23.1 Å². The van der Waals surface area contributed by atoms with Crippen LogP contribution < -0.4 is 4.90 Å². The first-order chi connectivity index (χ1) is 10.4. The third kappa shape index (κ3) is 2.96. The molecule has 3 rings (SSSR count). The first-order valence-electron chi connectivity index (χ1n) is 6.89. The van der Waals surface area contributed by atoms with Crippen molar-refractivity contribution in [2.45, 2.75) is 6.61 Å². The molecule has 0 heterocycles. The summed E-state index contributed by atoms with van der Waals surface area (Å²) in [6, 6.07) is 29.1. The number of benzene rings is 3. The number of aliphatic hydroxyl groups is 1. The minimum absolute atomic E-state index is 0.0614. The molecule has 21 heavy (non-hydrogen) atoms. The van der Waals surface area contributed by atoms with E-state index >= 15 is 0 Å². The zero-order valence-corrected chi connectivity index (χ0v) is 11.6. The highest BCUT2D eigenvalue weighted by Crippen LogP contribution is 2.33. The van der Waals surface area contributed by atoms with E-state index in [-0.39, 0.29) is 6.61 Å². The summed E-state index contributed by atoms with van der Waals surface area (Å²) in [6.07, 6.45) is 0. The molecule has 0 saturated heterocycles. The van der Waals surface area contributed by atoms with Crippen LogP contribution in [-0.4, -0.2) is 5.11 Å². The Hall–Kier alpha value is -2.58. The Balaban J connectivity index is 2.07. The van der Waals surface area contributed by atoms with Gasteiger partial charge in [0.15, 0.2) is 0 Å². The van der Waals surface area contributed by atoms with Gasteiger partial charge in [0.2, 0.25) is 0 Å². The van der Waals surface area contributed by atoms with Gasteiger partial charge in [0.1, 0.15) is 0 Å². The predicted octanol–water partition coefficient (Wildman–Crippen LogP) is 4.45. The van der Waals surface area contributed by atoms with Crippen molar-refractivity contribution in [1.82, 2.24) is 0 Å². The van der Waals surface area contributed by atoms with E-state index in [0.29, 0.717) is 0 Å². The van der Waals surface area contributed by atoms with Crippen LogP contribution >= 0.6 is 0 Å². The van der Waals surface area contributed by atoms with Gasteiger partial charge < -0.3 is 10.0 Å². The van der Waals surface area contributed by atoms with Crippen molar-refractivity contribution in [1.29, 1.82) is 0 Å². The maximum atomic E-state index is 9.18. The van der Waals surface area contributed by atoms with Gasteiger partial charge >= 0.3 is 0 Å². The lowest BCUT2D eigenvalue weighted by atomic mass is 10.1. The standard InChI is InChI=1S/C19H16NO/c21-15-16-11-13-19(14-12-16)20(17-7-3-1-4-8-17)18-9-5-2-6-10-18/h1,3-14,21H,15H2. The van der Waals surface area contributed by atoms with Crippen LogP contribution in [0.25, 0.3) is 0 Å². The van der Waals surface area contributed by atoms with Gasteiger partial charge in [-0.2, -0.15) is 0 Å². The third-order valence-electron chi connectivity index (χ3n) is 3.35. The van der Waals surface area contributed by atoms with Gasteiger partial charge in [-0.1, -0.05) is 42.5 Å². The number of anilines is 3. The second-order valence-electron chi connectivity index (χ2n) is 4.75. The van der Waals surface area contributed by atoms with E-state index in [9.17, 15) is 5.11 Å². The molecule has 0 unspecified atom stereocenters. The molecule has 1 N–H and O–H groups in total. The Morgan fingerprint density at radius 1 is 0.714 bits per heavy atom. The van der Waals surface area contributed by atoms with Crippen molar-refractivity contribution < 1.29 is 5.11 Å². The van der Waals surface area contributed by atoms with Gasteiger partial charge in [-0.3, -0.25) is 0 Å². The van der Waals surface area contributed by atoms with Crippen LogP contribution in [0, 0.1) is 6.07 Å². The Morgan fingerprint density at radius 3 is 1.90 bits per heavy atom. The monoisotopic (exact) mass is 274 g/mol. The summed E-state index contributed by atoms with van der Waals surface area (Å²) >= 11 is 0. The fourth-order valence-electron chi connectivity index (χ4n) is 2.30. The molecule has 1 radical (unpaired) electrons. The van der Waals surface area contributed by atoms with Crippen molar-refractivity contribution in [3.63, 3.8) is 0 Å². The van der Waals surface area contributed by atoms with E-state index in [4.69, 9.17) is 0 Å². The molecular weight excluding hydrogens is 258 g/mol. The number of nitrogens with zero attached hydrogens (tertiary/aromatic N) is 1. The van der Waals surface area contributed by atoms with Crippen molar-refractivity contribution in [2.75, 3.05) is 4.90 Å². The van der Waals surface area contributed by atoms with Crippen molar-refractivity contribution in [2.24, 2.45) is 0 Å². The summed E-state index contributed by atoms with van der Waals surface area (Å²) in [5, 5.41) is 9.18. The van der Waals surface area contributed by atoms with E-state index in [0.717, 1.165) is 22.6 Å². The first-order valence-corrected chi connectivity index (χ1v) is 6.89. The molecule has 0 aromatic heterocycles. The number of para-hydroxylation sites is 1. The molecule has 3 aromatic carbocycles. The number of rotatable bonds is 4. The van der Waals surface area contributed by atoms with Crippen LogP contribution in [-0.2, 0) is 6.61 Å². The Labute approximate surface area is 124 Å². The van der Waals surface area contributed by atoms with Gasteiger partial charge in [-0.05, 0) is 48.0 Å². The molecule has 0 aliphatic carbocycles. The summed E-state index contributed by atoms with van der Waals surface area (Å²) in [7, 11) is 0. The zero-order valence-electron chi connectivity index (χ0n) is 11.6. The SMILES string of the molecule is OCc1ccc(N(c2cc[c]cc2)c2ccccc2)cc1. The first kappa shape index (κ1) is 13.4. The summed E-state index contributed by atoms with van der Waals surface area (Å²) in [6.45, 7) is 0.0614. The fraction of sp³-hybridized carbons (Fsp3) is 0.0526. The molecule has 0 aliphatic heterocycles. The molecule has 0 saturated carbocycles. The molecular formula is C19H16NO. The number of hydrogen-bond acceptors (Lipinski definition) is 2. The van der Waals surface area contributed by atoms with E-state index in [1.807, 2.05) is 66.7 Å². The zero-order chi connectivity index (χ0) is 14.5. The molecule has 0 fully saturated rings. The van der Waals surface area contributed by atoms with Gasteiger partial charge in [0, 0.05) is 17.1 Å². The lowest BCUT2D eigenvalue weighted by molar-refractivity contribution is 0.282. The summed E-state index contributed by atoms with van der Waals surface area (Å²) in [4.78, 5) is 2.18. The van der Waals surface area contributed by atoms with Crippen LogP contribution in [0.1, 0.15) is 5.56 Å². The van der Waals surface area contributed by atoms with Crippen molar-refractivity contribution in [3.05, 3.63) is 90.5 Å². The van der Waals surface area contributed by atoms with E-state index in [1.54, 1.807) is 0 Å². The summed E-state index contributed by atoms with van der Waals surface area (Å²) in [5.74, 6) is 0. The highest BCUT2D eigenvalue weighted by molar-refractivity contribution is 5.76. The lowest BCUT2D eigenvalue weighted by Gasteiger charge is -2.25. The van der Waals surface area contributed by atoms with Crippen LogP contribution in [0.4, 0.5) is 17.1 Å². The maximum Gasteiger partial charge on any atom is 0.0681 e. The Kier molecular flexibility index (Phi) is 3.99. The fourth-order valence-corrected chi connectivity index (χ4v) is 2.30. The highest BCUT2D eigenvalue weighted by atomic mass is 16.3. The van der Waals surface area contributed by atoms with E-state index < -0.39 is 0 Å². The predicted molar refractivity (Wildman–Crippen MR) is 85.9 cm³/mol. The lowest BCUT2D eigenvalue weighted by Crippen LogP contribution is -2.09. The van der Waals surface area contributed by atoms with E-state index in [1.165, 1.54) is 0 Å². The average Bonchev–Trinajstić information content (AvgIpc) is 2.58. The molecule has 0 aliphatic rings. The van der Waals surface area contributed by atoms with Crippen LogP contribution in [0.3, 0.4) is 0 Å². The highest BCUT2D eigenvalue weighted by Gasteiger charge is 2.11. The number of hydrogen-bond donors (Lipinski definition) is 1. The van der Waals surface area contributed by atoms with Crippen LogP contribution in [0.2, 0.25) is 0 Å². The smallest absolute Gasteiger partial charge is 0.0681 e. The molecule has 103 valence electrons. The molecule has 0 bridgehead atoms. The third-order valence-corrected chi connectivity index (χ3v) is 3.35. The quantitative estimate of drug-likeness (QED) is 0.759. The molecule has 3 aromatic rings. The second kappa shape index (κ2) is 6.25. The molecule has 0 spiro atoms. The summed E-state index contributed by atoms with van der Waals surface area (Å²) < 4.78 is 0. The topological polar surface area (TPSA) is 23.5 Å². The molecule has 0 atom stereocenters.